The summed E-state index contributed by atoms with van der Waals surface area (Å²) in [5, 5.41) is 0. The maximum absolute atomic E-state index is 13.5. The van der Waals surface area contributed by atoms with E-state index in [4.69, 9.17) is 9.47 Å². The van der Waals surface area contributed by atoms with Gasteiger partial charge in [-0.2, -0.15) is 0 Å². The highest BCUT2D eigenvalue weighted by molar-refractivity contribution is 6.01. The molecule has 1 aromatic heterocycles. The predicted octanol–water partition coefficient (Wildman–Crippen LogP) is 2.53. The Kier molecular flexibility index (Phi) is 5.30. The van der Waals surface area contributed by atoms with Crippen LogP contribution in [0.25, 0.3) is 0 Å². The summed E-state index contributed by atoms with van der Waals surface area (Å²) in [6, 6.07) is 5.17. The van der Waals surface area contributed by atoms with Crippen molar-refractivity contribution < 1.29 is 28.4 Å². The van der Waals surface area contributed by atoms with Crippen LogP contribution in [0.2, 0.25) is 0 Å². The second-order valence-corrected chi connectivity index (χ2v) is 10.6. The molecule has 0 bridgehead atoms. The first-order chi connectivity index (χ1) is 14.9. The molecule has 3 aliphatic rings. The van der Waals surface area contributed by atoms with Gasteiger partial charge in [-0.05, 0) is 48.0 Å². The number of esters is 1. The molecule has 4 heterocycles. The van der Waals surface area contributed by atoms with E-state index in [-0.39, 0.29) is 30.0 Å². The smallest absolute Gasteiger partial charge is 0.423 e. The van der Waals surface area contributed by atoms with Crippen LogP contribution in [0.15, 0.2) is 41.9 Å². The number of pyridine rings is 1. The fraction of sp³-hybridized carbons (Fsp3) is 0.583. The van der Waals surface area contributed by atoms with E-state index in [2.05, 4.69) is 0 Å². The van der Waals surface area contributed by atoms with Crippen LogP contribution in [-0.4, -0.2) is 64.1 Å². The zero-order valence-corrected chi connectivity index (χ0v) is 19.6. The topological polar surface area (TPSA) is 80.0 Å². The Balaban J connectivity index is 1.67. The van der Waals surface area contributed by atoms with Gasteiger partial charge in [0.25, 0.3) is 0 Å². The van der Waals surface area contributed by atoms with Gasteiger partial charge >= 0.3 is 18.0 Å². The van der Waals surface area contributed by atoms with Gasteiger partial charge in [-0.1, -0.05) is 6.07 Å². The maximum Gasteiger partial charge on any atom is 0.423 e. The summed E-state index contributed by atoms with van der Waals surface area (Å²) in [6.07, 6.45) is 3.60. The van der Waals surface area contributed by atoms with Crippen LogP contribution in [0.5, 0.6) is 0 Å². The molecule has 8 heteroatoms. The van der Waals surface area contributed by atoms with E-state index in [1.165, 1.54) is 4.57 Å². The van der Waals surface area contributed by atoms with E-state index in [0.717, 1.165) is 0 Å². The van der Waals surface area contributed by atoms with E-state index >= 15 is 0 Å². The monoisotopic (exact) mass is 442 g/mol. The minimum absolute atomic E-state index is 0.105. The fourth-order valence-electron chi connectivity index (χ4n) is 4.80. The van der Waals surface area contributed by atoms with Crippen molar-refractivity contribution >= 4 is 18.0 Å². The Morgan fingerprint density at radius 3 is 2.19 bits per heavy atom. The molecular formula is C24H32N3O5+. The second-order valence-electron chi connectivity index (χ2n) is 10.6. The number of carbonyl (C=O) groups is 3. The summed E-state index contributed by atoms with van der Waals surface area (Å²) < 4.78 is 12.8. The molecule has 32 heavy (non-hydrogen) atoms. The number of ether oxygens (including phenoxy) is 2. The standard InChI is InChI=1S/C24H32N3O5/c1-23(2,3)31-21(29)19-17(20(28)25-11-8-7-9-12-25)15-10-13-26(16-14-27(19)18(15)16)22(30)32-24(4,5)6/h7-9,11-12,15-16,18H,10,13-14H2,1-6H3/q+1/t15?,16-,18+/m0/s1. The molecule has 1 amide bonds. The van der Waals surface area contributed by atoms with Crippen LogP contribution in [0.3, 0.4) is 0 Å². The molecule has 0 aromatic carbocycles. The van der Waals surface area contributed by atoms with Gasteiger partial charge in [0.1, 0.15) is 22.5 Å². The molecule has 1 aromatic rings. The van der Waals surface area contributed by atoms with Crippen LogP contribution >= 0.6 is 0 Å². The zero-order valence-electron chi connectivity index (χ0n) is 19.6. The van der Waals surface area contributed by atoms with Crippen molar-refractivity contribution in [2.24, 2.45) is 5.92 Å². The van der Waals surface area contributed by atoms with Crippen LogP contribution < -0.4 is 4.57 Å². The number of nitrogens with zero attached hydrogens (tertiary/aromatic N) is 3. The summed E-state index contributed by atoms with van der Waals surface area (Å²) in [7, 11) is 0. The van der Waals surface area contributed by atoms with E-state index < -0.39 is 17.2 Å². The normalized spacial score (nSPS) is 24.6. The van der Waals surface area contributed by atoms with Gasteiger partial charge in [-0.3, -0.25) is 0 Å². The number of rotatable bonds is 2. The van der Waals surface area contributed by atoms with E-state index in [1.54, 1.807) is 29.4 Å². The molecule has 0 N–H and O–H groups in total. The first-order valence-corrected chi connectivity index (χ1v) is 11.1. The van der Waals surface area contributed by atoms with Gasteiger partial charge in [0, 0.05) is 31.1 Å². The first-order valence-electron chi connectivity index (χ1n) is 11.1. The number of aromatic nitrogens is 1. The van der Waals surface area contributed by atoms with Gasteiger partial charge in [0.15, 0.2) is 12.4 Å². The lowest BCUT2D eigenvalue weighted by atomic mass is 9.78. The summed E-state index contributed by atoms with van der Waals surface area (Å²) in [6.45, 7) is 11.9. The maximum atomic E-state index is 13.5. The number of hydrogen-bond donors (Lipinski definition) is 0. The molecule has 0 aliphatic carbocycles. The van der Waals surface area contributed by atoms with E-state index in [0.29, 0.717) is 30.8 Å². The Morgan fingerprint density at radius 1 is 0.969 bits per heavy atom. The van der Waals surface area contributed by atoms with Gasteiger partial charge in [0.2, 0.25) is 0 Å². The van der Waals surface area contributed by atoms with E-state index in [1.807, 2.05) is 52.5 Å². The molecule has 0 saturated carbocycles. The van der Waals surface area contributed by atoms with Crippen molar-refractivity contribution in [1.82, 2.24) is 9.80 Å². The van der Waals surface area contributed by atoms with Gasteiger partial charge in [0.05, 0.1) is 12.1 Å². The molecule has 0 spiro atoms. The third-order valence-corrected chi connectivity index (χ3v) is 5.95. The van der Waals surface area contributed by atoms with Crippen molar-refractivity contribution in [2.75, 3.05) is 13.1 Å². The third-order valence-electron chi connectivity index (χ3n) is 5.95. The van der Waals surface area contributed by atoms with Crippen LogP contribution in [0, 0.1) is 5.92 Å². The minimum atomic E-state index is -0.682. The molecule has 2 fully saturated rings. The lowest BCUT2D eigenvalue weighted by Gasteiger charge is -2.55. The molecule has 4 rings (SSSR count). The molecule has 1 unspecified atom stereocenters. The van der Waals surface area contributed by atoms with Crippen LogP contribution in [0.4, 0.5) is 4.79 Å². The van der Waals surface area contributed by atoms with Crippen LogP contribution in [-0.2, 0) is 14.3 Å². The highest BCUT2D eigenvalue weighted by Crippen LogP contribution is 2.48. The Bertz CT molecular complexity index is 974. The average molecular weight is 443 g/mol. The van der Waals surface area contributed by atoms with Gasteiger partial charge in [-0.15, -0.1) is 4.57 Å². The molecule has 2 saturated heterocycles. The quantitative estimate of drug-likeness (QED) is 0.517. The third kappa shape index (κ3) is 3.98. The highest BCUT2D eigenvalue weighted by atomic mass is 16.6. The van der Waals surface area contributed by atoms with Crippen molar-refractivity contribution in [3.63, 3.8) is 0 Å². The summed E-state index contributed by atoms with van der Waals surface area (Å²) >= 11 is 0. The summed E-state index contributed by atoms with van der Waals surface area (Å²) in [4.78, 5) is 43.2. The van der Waals surface area contributed by atoms with Crippen molar-refractivity contribution in [3.8, 4) is 0 Å². The molecule has 172 valence electrons. The number of carbonyl (C=O) groups excluding carboxylic acids is 3. The molecule has 8 nitrogen and oxygen atoms in total. The number of likely N-dealkylation sites (tertiary alicyclic amines) is 1. The molecular weight excluding hydrogens is 410 g/mol. The second kappa shape index (κ2) is 7.60. The number of amides is 1. The summed E-state index contributed by atoms with van der Waals surface area (Å²) in [5.41, 5.74) is -0.457. The first kappa shape index (κ1) is 22.3. The highest BCUT2D eigenvalue weighted by Gasteiger charge is 2.62. The number of hydrogen-bond acceptors (Lipinski definition) is 6. The van der Waals surface area contributed by atoms with Gasteiger partial charge in [-0.25, -0.2) is 14.4 Å². The van der Waals surface area contributed by atoms with Crippen LogP contribution in [0.1, 0.15) is 52.8 Å². The predicted molar refractivity (Wildman–Crippen MR) is 115 cm³/mol. The Morgan fingerprint density at radius 2 is 1.59 bits per heavy atom. The lowest BCUT2D eigenvalue weighted by molar-refractivity contribution is -0.571. The molecule has 0 radical (unpaired) electrons. The van der Waals surface area contributed by atoms with Crippen molar-refractivity contribution in [1.29, 1.82) is 0 Å². The fourth-order valence-corrected chi connectivity index (χ4v) is 4.80. The average Bonchev–Trinajstić information content (AvgIpc) is 2.95. The minimum Gasteiger partial charge on any atom is -0.455 e. The Labute approximate surface area is 188 Å². The molecule has 3 aliphatic heterocycles. The number of piperidine rings is 1. The summed E-state index contributed by atoms with van der Waals surface area (Å²) in [5.74, 6) is -0.862. The lowest BCUT2D eigenvalue weighted by Crippen LogP contribution is -2.70. The molecule has 3 atom stereocenters. The zero-order chi connectivity index (χ0) is 23.4. The van der Waals surface area contributed by atoms with Crippen molar-refractivity contribution in [2.45, 2.75) is 71.2 Å². The Hall–Kier alpha value is -2.90. The SMILES string of the molecule is CC(C)(C)OC(=O)C1=C(C(=O)[n+]2ccccc2)C2CCN(C(=O)OC(C)(C)C)[C@H]3CN1[C@H]23. The largest absolute Gasteiger partial charge is 0.455 e. The van der Waals surface area contributed by atoms with Crippen molar-refractivity contribution in [3.05, 3.63) is 41.9 Å². The van der Waals surface area contributed by atoms with Gasteiger partial charge < -0.3 is 19.3 Å². The van der Waals surface area contributed by atoms with E-state index in [9.17, 15) is 14.4 Å².